The van der Waals surface area contributed by atoms with E-state index in [0.29, 0.717) is 10.7 Å². The molecule has 0 unspecified atom stereocenters. The zero-order chi connectivity index (χ0) is 18.5. The standard InChI is InChI=1S/C21H21ClN2OS/c1-14-11-15(2)20(17(22)12-14)24-19(25)13-23-21(18-9-6-10-26-18)16-7-4-3-5-8-16/h3-12,21,23H,13H2,1-2H3,(H,24,25)/t21-/m1/s1. The summed E-state index contributed by atoms with van der Waals surface area (Å²) in [6.45, 7) is 4.12. The third-order valence-corrected chi connectivity index (χ3v) is 5.36. The van der Waals surface area contributed by atoms with Crippen molar-refractivity contribution in [2.75, 3.05) is 11.9 Å². The van der Waals surface area contributed by atoms with E-state index in [1.165, 1.54) is 4.88 Å². The van der Waals surface area contributed by atoms with E-state index >= 15 is 0 Å². The first-order chi connectivity index (χ1) is 12.5. The molecule has 3 aromatic rings. The third-order valence-electron chi connectivity index (χ3n) is 4.12. The summed E-state index contributed by atoms with van der Waals surface area (Å²) in [5, 5.41) is 8.90. The molecule has 0 fully saturated rings. The molecule has 0 spiro atoms. The second-order valence-electron chi connectivity index (χ2n) is 6.23. The Morgan fingerprint density at radius 2 is 1.88 bits per heavy atom. The van der Waals surface area contributed by atoms with Gasteiger partial charge < -0.3 is 5.32 Å². The van der Waals surface area contributed by atoms with Crippen molar-refractivity contribution in [2.45, 2.75) is 19.9 Å². The molecule has 1 atom stereocenters. The fourth-order valence-electron chi connectivity index (χ4n) is 2.94. The molecule has 0 saturated carbocycles. The van der Waals surface area contributed by atoms with Crippen molar-refractivity contribution in [3.8, 4) is 0 Å². The molecule has 0 bridgehead atoms. The fraction of sp³-hybridized carbons (Fsp3) is 0.190. The molecule has 0 aliphatic rings. The highest BCUT2D eigenvalue weighted by Crippen LogP contribution is 2.28. The summed E-state index contributed by atoms with van der Waals surface area (Å²) in [5.41, 5.74) is 3.84. The molecule has 134 valence electrons. The summed E-state index contributed by atoms with van der Waals surface area (Å²) in [6.07, 6.45) is 0. The van der Waals surface area contributed by atoms with E-state index in [9.17, 15) is 4.79 Å². The van der Waals surface area contributed by atoms with Gasteiger partial charge in [-0.3, -0.25) is 10.1 Å². The van der Waals surface area contributed by atoms with E-state index in [0.717, 1.165) is 16.7 Å². The number of halogens is 1. The fourth-order valence-corrected chi connectivity index (χ4v) is 4.13. The summed E-state index contributed by atoms with van der Waals surface area (Å²) in [4.78, 5) is 13.7. The number of aryl methyl sites for hydroxylation is 2. The van der Waals surface area contributed by atoms with E-state index in [-0.39, 0.29) is 18.5 Å². The minimum atomic E-state index is -0.114. The quantitative estimate of drug-likeness (QED) is 0.602. The number of nitrogens with one attached hydrogen (secondary N) is 2. The third kappa shape index (κ3) is 4.52. The van der Waals surface area contributed by atoms with Crippen molar-refractivity contribution in [3.63, 3.8) is 0 Å². The molecule has 0 aliphatic carbocycles. The Kier molecular flexibility index (Phi) is 6.09. The van der Waals surface area contributed by atoms with Crippen molar-refractivity contribution >= 4 is 34.5 Å². The Bertz CT molecular complexity index is 855. The Morgan fingerprint density at radius 1 is 1.12 bits per heavy atom. The van der Waals surface area contributed by atoms with Crippen LogP contribution >= 0.6 is 22.9 Å². The lowest BCUT2D eigenvalue weighted by molar-refractivity contribution is -0.115. The Hall–Kier alpha value is -2.14. The molecule has 26 heavy (non-hydrogen) atoms. The number of anilines is 1. The van der Waals surface area contributed by atoms with E-state index in [4.69, 9.17) is 11.6 Å². The van der Waals surface area contributed by atoms with Gasteiger partial charge in [0.2, 0.25) is 5.91 Å². The molecule has 1 heterocycles. The van der Waals surface area contributed by atoms with Crippen molar-refractivity contribution in [1.29, 1.82) is 0 Å². The second-order valence-corrected chi connectivity index (χ2v) is 7.61. The van der Waals surface area contributed by atoms with Crippen LogP contribution in [0.15, 0.2) is 60.0 Å². The monoisotopic (exact) mass is 384 g/mol. The van der Waals surface area contributed by atoms with Crippen LogP contribution in [-0.4, -0.2) is 12.5 Å². The van der Waals surface area contributed by atoms with Crippen LogP contribution in [0.1, 0.15) is 27.6 Å². The van der Waals surface area contributed by atoms with Crippen LogP contribution in [0.3, 0.4) is 0 Å². The molecule has 0 aliphatic heterocycles. The highest BCUT2D eigenvalue weighted by atomic mass is 35.5. The summed E-state index contributed by atoms with van der Waals surface area (Å²) >= 11 is 7.96. The minimum Gasteiger partial charge on any atom is -0.323 e. The molecule has 1 amide bonds. The molecule has 5 heteroatoms. The van der Waals surface area contributed by atoms with Gasteiger partial charge in [-0.2, -0.15) is 0 Å². The number of thiophene rings is 1. The van der Waals surface area contributed by atoms with Crippen LogP contribution in [0.2, 0.25) is 5.02 Å². The van der Waals surface area contributed by atoms with Gasteiger partial charge in [0.25, 0.3) is 0 Å². The van der Waals surface area contributed by atoms with Gasteiger partial charge in [0, 0.05) is 4.88 Å². The highest BCUT2D eigenvalue weighted by Gasteiger charge is 2.16. The van der Waals surface area contributed by atoms with E-state index in [1.807, 2.05) is 55.6 Å². The molecule has 2 N–H and O–H groups in total. The molecule has 0 saturated heterocycles. The van der Waals surface area contributed by atoms with E-state index in [2.05, 4.69) is 28.8 Å². The first-order valence-electron chi connectivity index (χ1n) is 8.43. The van der Waals surface area contributed by atoms with Gasteiger partial charge in [-0.15, -0.1) is 11.3 Å². The lowest BCUT2D eigenvalue weighted by Crippen LogP contribution is -2.31. The Labute approximate surface area is 163 Å². The Morgan fingerprint density at radius 3 is 2.54 bits per heavy atom. The number of amides is 1. The Balaban J connectivity index is 1.71. The maximum absolute atomic E-state index is 12.5. The van der Waals surface area contributed by atoms with Crippen molar-refractivity contribution in [2.24, 2.45) is 0 Å². The maximum Gasteiger partial charge on any atom is 0.238 e. The summed E-state index contributed by atoms with van der Waals surface area (Å²) < 4.78 is 0. The highest BCUT2D eigenvalue weighted by molar-refractivity contribution is 7.10. The van der Waals surface area contributed by atoms with E-state index in [1.54, 1.807) is 11.3 Å². The zero-order valence-corrected chi connectivity index (χ0v) is 16.3. The number of carbonyl (C=O) groups is 1. The van der Waals surface area contributed by atoms with Crippen LogP contribution in [-0.2, 0) is 4.79 Å². The molecule has 0 radical (unpaired) electrons. The van der Waals surface area contributed by atoms with Crippen molar-refractivity contribution < 1.29 is 4.79 Å². The van der Waals surface area contributed by atoms with Gasteiger partial charge in [0.1, 0.15) is 0 Å². The summed E-state index contributed by atoms with van der Waals surface area (Å²) in [7, 11) is 0. The predicted octanol–water partition coefficient (Wildman–Crippen LogP) is 5.34. The van der Waals surface area contributed by atoms with Gasteiger partial charge in [-0.1, -0.05) is 54.1 Å². The molecule has 2 aromatic carbocycles. The van der Waals surface area contributed by atoms with E-state index < -0.39 is 0 Å². The van der Waals surface area contributed by atoms with Crippen LogP contribution in [0.4, 0.5) is 5.69 Å². The average Bonchev–Trinajstić information content (AvgIpc) is 3.13. The number of hydrogen-bond acceptors (Lipinski definition) is 3. The normalized spacial score (nSPS) is 12.0. The second kappa shape index (κ2) is 8.49. The zero-order valence-electron chi connectivity index (χ0n) is 14.8. The predicted molar refractivity (Wildman–Crippen MR) is 110 cm³/mol. The first-order valence-corrected chi connectivity index (χ1v) is 9.68. The number of benzene rings is 2. The van der Waals surface area contributed by atoms with Crippen molar-refractivity contribution in [1.82, 2.24) is 5.32 Å². The maximum atomic E-state index is 12.5. The lowest BCUT2D eigenvalue weighted by atomic mass is 10.1. The number of rotatable bonds is 6. The van der Waals surface area contributed by atoms with Crippen LogP contribution < -0.4 is 10.6 Å². The van der Waals surface area contributed by atoms with Gasteiger partial charge in [0.15, 0.2) is 0 Å². The largest absolute Gasteiger partial charge is 0.323 e. The number of hydrogen-bond donors (Lipinski definition) is 2. The molecule has 3 rings (SSSR count). The lowest BCUT2D eigenvalue weighted by Gasteiger charge is -2.18. The topological polar surface area (TPSA) is 41.1 Å². The molecule has 3 nitrogen and oxygen atoms in total. The smallest absolute Gasteiger partial charge is 0.238 e. The molecular formula is C21H21ClN2OS. The van der Waals surface area contributed by atoms with Gasteiger partial charge >= 0.3 is 0 Å². The minimum absolute atomic E-state index is 0.0171. The SMILES string of the molecule is Cc1cc(C)c(NC(=O)CN[C@H](c2ccccc2)c2cccs2)c(Cl)c1. The summed E-state index contributed by atoms with van der Waals surface area (Å²) in [6, 6.07) is 18.1. The van der Waals surface area contributed by atoms with Crippen molar-refractivity contribution in [3.05, 3.63) is 86.6 Å². The van der Waals surface area contributed by atoms with Crippen LogP contribution in [0, 0.1) is 13.8 Å². The van der Waals surface area contributed by atoms with Gasteiger partial charge in [-0.25, -0.2) is 0 Å². The molecule has 1 aromatic heterocycles. The van der Waals surface area contributed by atoms with Gasteiger partial charge in [0.05, 0.1) is 23.3 Å². The van der Waals surface area contributed by atoms with Crippen LogP contribution in [0.25, 0.3) is 0 Å². The van der Waals surface area contributed by atoms with Crippen LogP contribution in [0.5, 0.6) is 0 Å². The average molecular weight is 385 g/mol. The summed E-state index contributed by atoms with van der Waals surface area (Å²) in [5.74, 6) is -0.114. The number of carbonyl (C=O) groups excluding carboxylic acids is 1. The molecular weight excluding hydrogens is 364 g/mol. The first kappa shape index (κ1) is 18.6. The van der Waals surface area contributed by atoms with Gasteiger partial charge in [-0.05, 0) is 48.1 Å².